The number of nitrogens with one attached hydrogen (secondary N) is 1. The highest BCUT2D eigenvalue weighted by molar-refractivity contribution is 8.00. The molecular formula is C16H16N2O4S. The molecule has 1 unspecified atom stereocenters. The molecule has 120 valence electrons. The highest BCUT2D eigenvalue weighted by Crippen LogP contribution is 2.26. The number of amides is 1. The minimum Gasteiger partial charge on any atom is -0.507 e. The Morgan fingerprint density at radius 1 is 1.17 bits per heavy atom. The molecular weight excluding hydrogens is 316 g/mol. The number of hydrogen-bond donors (Lipinski definition) is 4. The van der Waals surface area contributed by atoms with Crippen molar-refractivity contribution in [3.8, 4) is 5.75 Å². The van der Waals surface area contributed by atoms with Gasteiger partial charge >= 0.3 is 5.97 Å². The number of carbonyl (C=O) groups is 2. The lowest BCUT2D eigenvalue weighted by molar-refractivity contribution is -0.115. The van der Waals surface area contributed by atoms with Gasteiger partial charge in [0.1, 0.15) is 11.3 Å². The molecule has 2 aromatic rings. The molecule has 0 saturated carbocycles. The highest BCUT2D eigenvalue weighted by atomic mass is 32.2. The first-order valence-electron chi connectivity index (χ1n) is 6.76. The van der Waals surface area contributed by atoms with E-state index in [0.29, 0.717) is 11.4 Å². The van der Waals surface area contributed by atoms with Gasteiger partial charge < -0.3 is 21.3 Å². The average molecular weight is 332 g/mol. The quantitative estimate of drug-likeness (QED) is 0.380. The van der Waals surface area contributed by atoms with Gasteiger partial charge in [0, 0.05) is 16.3 Å². The minimum absolute atomic E-state index is 0.262. The molecule has 0 aliphatic rings. The van der Waals surface area contributed by atoms with Gasteiger partial charge in [0.05, 0.1) is 5.25 Å². The maximum atomic E-state index is 12.2. The maximum Gasteiger partial charge on any atom is 0.339 e. The number of nitrogen functional groups attached to an aromatic ring is 1. The molecule has 7 heteroatoms. The highest BCUT2D eigenvalue weighted by Gasteiger charge is 2.16. The molecule has 0 aliphatic heterocycles. The number of carboxylic acid groups (broad SMARTS) is 1. The third kappa shape index (κ3) is 4.40. The summed E-state index contributed by atoms with van der Waals surface area (Å²) >= 11 is 1.36. The van der Waals surface area contributed by atoms with Crippen LogP contribution in [0.5, 0.6) is 5.75 Å². The zero-order valence-electron chi connectivity index (χ0n) is 12.3. The fourth-order valence-corrected chi connectivity index (χ4v) is 2.70. The van der Waals surface area contributed by atoms with Crippen LogP contribution in [0.2, 0.25) is 0 Å². The van der Waals surface area contributed by atoms with Gasteiger partial charge in [0.25, 0.3) is 0 Å². The fraction of sp³-hybridized carbons (Fsp3) is 0.125. The van der Waals surface area contributed by atoms with E-state index in [1.807, 2.05) is 12.1 Å². The number of nitrogens with two attached hydrogens (primary N) is 1. The normalized spacial score (nSPS) is 11.7. The van der Waals surface area contributed by atoms with E-state index in [1.165, 1.54) is 30.0 Å². The predicted octanol–water partition coefficient (Wildman–Crippen LogP) is 2.79. The zero-order chi connectivity index (χ0) is 17.0. The lowest BCUT2D eigenvalue weighted by Gasteiger charge is -2.13. The average Bonchev–Trinajstić information content (AvgIpc) is 2.51. The van der Waals surface area contributed by atoms with Crippen molar-refractivity contribution in [3.63, 3.8) is 0 Å². The minimum atomic E-state index is -1.26. The Kier molecular flexibility index (Phi) is 5.13. The topological polar surface area (TPSA) is 113 Å². The van der Waals surface area contributed by atoms with Gasteiger partial charge in [-0.05, 0) is 49.4 Å². The first-order chi connectivity index (χ1) is 10.9. The van der Waals surface area contributed by atoms with E-state index in [-0.39, 0.29) is 22.5 Å². The molecule has 0 spiro atoms. The van der Waals surface area contributed by atoms with Crippen molar-refractivity contribution in [2.24, 2.45) is 0 Å². The number of rotatable bonds is 5. The van der Waals surface area contributed by atoms with E-state index < -0.39 is 5.97 Å². The van der Waals surface area contributed by atoms with Gasteiger partial charge in [0.2, 0.25) is 5.91 Å². The van der Waals surface area contributed by atoms with Crippen LogP contribution in [0.4, 0.5) is 11.4 Å². The van der Waals surface area contributed by atoms with E-state index in [4.69, 9.17) is 10.8 Å². The van der Waals surface area contributed by atoms with Crippen LogP contribution in [-0.4, -0.2) is 27.3 Å². The van der Waals surface area contributed by atoms with Crippen LogP contribution in [0, 0.1) is 0 Å². The molecule has 0 radical (unpaired) electrons. The largest absolute Gasteiger partial charge is 0.507 e. The van der Waals surface area contributed by atoms with Crippen molar-refractivity contribution in [2.75, 3.05) is 11.1 Å². The van der Waals surface area contributed by atoms with Crippen LogP contribution in [0.15, 0.2) is 47.4 Å². The van der Waals surface area contributed by atoms with Gasteiger partial charge in [0.15, 0.2) is 0 Å². The maximum absolute atomic E-state index is 12.2. The smallest absolute Gasteiger partial charge is 0.339 e. The molecule has 1 amide bonds. The van der Waals surface area contributed by atoms with Crippen molar-refractivity contribution >= 4 is 35.0 Å². The second kappa shape index (κ2) is 7.06. The second-order valence-corrected chi connectivity index (χ2v) is 6.27. The molecule has 2 aromatic carbocycles. The van der Waals surface area contributed by atoms with Crippen LogP contribution < -0.4 is 11.1 Å². The van der Waals surface area contributed by atoms with Crippen LogP contribution in [0.1, 0.15) is 17.3 Å². The summed E-state index contributed by atoms with van der Waals surface area (Å²) in [5, 5.41) is 20.7. The SMILES string of the molecule is CC(Sc1ccc(N)cc1)C(=O)Nc1ccc(O)c(C(=O)O)c1. The molecule has 0 aliphatic carbocycles. The Bertz CT molecular complexity index is 731. The number of anilines is 2. The standard InChI is InChI=1S/C16H16N2O4S/c1-9(23-12-5-2-10(17)3-6-12)15(20)18-11-4-7-14(19)13(8-11)16(21)22/h2-9,19H,17H2,1H3,(H,18,20)(H,21,22). The molecule has 0 fully saturated rings. The van der Waals surface area contributed by atoms with Gasteiger partial charge in [-0.1, -0.05) is 0 Å². The lowest BCUT2D eigenvalue weighted by atomic mass is 10.2. The molecule has 5 N–H and O–H groups in total. The van der Waals surface area contributed by atoms with Crippen LogP contribution in [-0.2, 0) is 4.79 Å². The molecule has 1 atom stereocenters. The molecule has 0 bridgehead atoms. The number of aromatic hydroxyl groups is 1. The van der Waals surface area contributed by atoms with E-state index in [2.05, 4.69) is 5.32 Å². The fourth-order valence-electron chi connectivity index (χ4n) is 1.83. The Balaban J connectivity index is 2.04. The number of hydrogen-bond acceptors (Lipinski definition) is 5. The number of aromatic carboxylic acids is 1. The summed E-state index contributed by atoms with van der Waals surface area (Å²) in [6.07, 6.45) is 0. The molecule has 2 rings (SSSR count). The Labute approximate surface area is 137 Å². The van der Waals surface area contributed by atoms with Crippen molar-refractivity contribution < 1.29 is 19.8 Å². The Morgan fingerprint density at radius 2 is 1.83 bits per heavy atom. The van der Waals surface area contributed by atoms with E-state index >= 15 is 0 Å². The van der Waals surface area contributed by atoms with Crippen molar-refractivity contribution in [2.45, 2.75) is 17.1 Å². The van der Waals surface area contributed by atoms with Crippen molar-refractivity contribution in [1.82, 2.24) is 0 Å². The van der Waals surface area contributed by atoms with Crippen molar-refractivity contribution in [1.29, 1.82) is 0 Å². The Morgan fingerprint density at radius 3 is 2.43 bits per heavy atom. The Hall–Kier alpha value is -2.67. The number of phenols is 1. The zero-order valence-corrected chi connectivity index (χ0v) is 13.1. The lowest BCUT2D eigenvalue weighted by Crippen LogP contribution is -2.22. The summed E-state index contributed by atoms with van der Waals surface area (Å²) in [5.74, 6) is -1.88. The van der Waals surface area contributed by atoms with Gasteiger partial charge in [-0.2, -0.15) is 0 Å². The van der Waals surface area contributed by atoms with Gasteiger partial charge in [-0.25, -0.2) is 4.79 Å². The van der Waals surface area contributed by atoms with Gasteiger partial charge in [-0.3, -0.25) is 4.79 Å². The monoisotopic (exact) mass is 332 g/mol. The van der Waals surface area contributed by atoms with E-state index in [0.717, 1.165) is 4.90 Å². The summed E-state index contributed by atoms with van der Waals surface area (Å²) in [6.45, 7) is 1.74. The van der Waals surface area contributed by atoms with Crippen LogP contribution >= 0.6 is 11.8 Å². The molecule has 6 nitrogen and oxygen atoms in total. The predicted molar refractivity (Wildman–Crippen MR) is 89.9 cm³/mol. The summed E-state index contributed by atoms with van der Waals surface area (Å²) in [4.78, 5) is 24.1. The van der Waals surface area contributed by atoms with Crippen LogP contribution in [0.25, 0.3) is 0 Å². The summed E-state index contributed by atoms with van der Waals surface area (Å²) < 4.78 is 0. The van der Waals surface area contributed by atoms with E-state index in [1.54, 1.807) is 19.1 Å². The molecule has 23 heavy (non-hydrogen) atoms. The molecule has 0 heterocycles. The van der Waals surface area contributed by atoms with Crippen molar-refractivity contribution in [3.05, 3.63) is 48.0 Å². The van der Waals surface area contributed by atoms with Crippen LogP contribution in [0.3, 0.4) is 0 Å². The first-order valence-corrected chi connectivity index (χ1v) is 7.64. The third-order valence-electron chi connectivity index (χ3n) is 3.06. The number of benzene rings is 2. The third-order valence-corrected chi connectivity index (χ3v) is 4.17. The second-order valence-electron chi connectivity index (χ2n) is 4.86. The van der Waals surface area contributed by atoms with E-state index in [9.17, 15) is 14.7 Å². The number of thioether (sulfide) groups is 1. The number of carbonyl (C=O) groups excluding carboxylic acids is 1. The molecule has 0 aromatic heterocycles. The summed E-state index contributed by atoms with van der Waals surface area (Å²) in [6, 6.07) is 11.1. The summed E-state index contributed by atoms with van der Waals surface area (Å²) in [7, 11) is 0. The number of carboxylic acids is 1. The molecule has 0 saturated heterocycles. The summed E-state index contributed by atoms with van der Waals surface area (Å²) in [5.41, 5.74) is 6.32. The first kappa shape index (κ1) is 16.7. The van der Waals surface area contributed by atoms with Gasteiger partial charge in [-0.15, -0.1) is 11.8 Å².